The van der Waals surface area contributed by atoms with E-state index in [4.69, 9.17) is 0 Å². The quantitative estimate of drug-likeness (QED) is 0.600. The van der Waals surface area contributed by atoms with Crippen molar-refractivity contribution in [3.05, 3.63) is 83.4 Å². The van der Waals surface area contributed by atoms with Crippen LogP contribution in [0.2, 0.25) is 0 Å². The monoisotopic (exact) mass is 351 g/mol. The zero-order chi connectivity index (χ0) is 17.2. The van der Waals surface area contributed by atoms with E-state index in [9.17, 15) is 9.18 Å². The molecule has 0 unspecified atom stereocenters. The van der Waals surface area contributed by atoms with E-state index in [-0.39, 0.29) is 18.3 Å². The van der Waals surface area contributed by atoms with Gasteiger partial charge in [-0.25, -0.2) is 9.37 Å². The third-order valence-corrected chi connectivity index (χ3v) is 5.01. The van der Waals surface area contributed by atoms with Gasteiger partial charge in [0.2, 0.25) is 0 Å². The number of halogens is 1. The highest BCUT2D eigenvalue weighted by Crippen LogP contribution is 2.33. The van der Waals surface area contributed by atoms with Crippen LogP contribution >= 0.6 is 11.3 Å². The van der Waals surface area contributed by atoms with Crippen molar-refractivity contribution in [1.29, 1.82) is 0 Å². The number of carbonyl (C=O) groups excluding carboxylic acids is 1. The predicted molar refractivity (Wildman–Crippen MR) is 96.5 cm³/mol. The van der Waals surface area contributed by atoms with Crippen molar-refractivity contribution < 1.29 is 9.18 Å². The van der Waals surface area contributed by atoms with E-state index >= 15 is 0 Å². The van der Waals surface area contributed by atoms with Crippen LogP contribution in [-0.4, -0.2) is 15.5 Å². The normalized spacial score (nSPS) is 10.9. The number of nitrogens with zero attached hydrogens (tertiary/aromatic N) is 2. The molecule has 1 aromatic carbocycles. The summed E-state index contributed by atoms with van der Waals surface area (Å²) in [7, 11) is 0. The van der Waals surface area contributed by atoms with Crippen molar-refractivity contribution in [1.82, 2.24) is 14.9 Å². The highest BCUT2D eigenvalue weighted by atomic mass is 32.1. The van der Waals surface area contributed by atoms with Gasteiger partial charge in [0.15, 0.2) is 0 Å². The van der Waals surface area contributed by atoms with E-state index in [1.165, 1.54) is 17.4 Å². The Labute approximate surface area is 147 Å². The molecule has 0 saturated heterocycles. The van der Waals surface area contributed by atoms with Gasteiger partial charge in [-0.3, -0.25) is 4.79 Å². The van der Waals surface area contributed by atoms with E-state index in [0.29, 0.717) is 10.4 Å². The van der Waals surface area contributed by atoms with E-state index in [2.05, 4.69) is 10.3 Å². The molecule has 124 valence electrons. The number of benzene rings is 1. The summed E-state index contributed by atoms with van der Waals surface area (Å²) in [6, 6.07) is 14.0. The van der Waals surface area contributed by atoms with Gasteiger partial charge in [0.05, 0.1) is 5.69 Å². The Kier molecular flexibility index (Phi) is 4.03. The van der Waals surface area contributed by atoms with Gasteiger partial charge in [0, 0.05) is 36.1 Å². The minimum absolute atomic E-state index is 0.137. The van der Waals surface area contributed by atoms with Crippen LogP contribution in [0.25, 0.3) is 15.9 Å². The second-order valence-corrected chi connectivity index (χ2v) is 6.50. The zero-order valence-electron chi connectivity index (χ0n) is 13.1. The van der Waals surface area contributed by atoms with E-state index in [1.54, 1.807) is 24.4 Å². The number of rotatable bonds is 4. The molecule has 0 aliphatic heterocycles. The molecule has 0 fully saturated rings. The number of thiophene rings is 1. The number of amides is 1. The summed E-state index contributed by atoms with van der Waals surface area (Å²) in [6.07, 6.45) is 5.49. The van der Waals surface area contributed by atoms with Gasteiger partial charge in [-0.15, -0.1) is 11.3 Å². The molecule has 0 spiro atoms. The second kappa shape index (κ2) is 6.49. The molecular formula is C19H14FN3OS. The average Bonchev–Trinajstić information content (AvgIpc) is 3.27. The Bertz CT molecular complexity index is 1040. The number of carbonyl (C=O) groups is 1. The Morgan fingerprint density at radius 3 is 2.72 bits per heavy atom. The van der Waals surface area contributed by atoms with Crippen LogP contribution in [0.5, 0.6) is 0 Å². The average molecular weight is 351 g/mol. The summed E-state index contributed by atoms with van der Waals surface area (Å²) in [6.45, 7) is 0.137. The Morgan fingerprint density at radius 1 is 1.12 bits per heavy atom. The molecule has 0 aliphatic rings. The first-order chi connectivity index (χ1) is 12.2. The van der Waals surface area contributed by atoms with Crippen LogP contribution in [0.1, 0.15) is 15.2 Å². The van der Waals surface area contributed by atoms with Gasteiger partial charge < -0.3 is 9.88 Å². The van der Waals surface area contributed by atoms with Gasteiger partial charge in [-0.2, -0.15) is 0 Å². The lowest BCUT2D eigenvalue weighted by atomic mass is 10.2. The highest BCUT2D eigenvalue weighted by Gasteiger charge is 2.20. The summed E-state index contributed by atoms with van der Waals surface area (Å²) in [5.41, 5.74) is 1.25. The maximum absolute atomic E-state index is 13.7. The van der Waals surface area contributed by atoms with Crippen LogP contribution in [0, 0.1) is 5.82 Å². The molecular weight excluding hydrogens is 337 g/mol. The third kappa shape index (κ3) is 2.92. The maximum atomic E-state index is 13.7. The smallest absolute Gasteiger partial charge is 0.263 e. The molecule has 4 rings (SSSR count). The van der Waals surface area contributed by atoms with Gasteiger partial charge in [-0.05, 0) is 30.3 Å². The molecule has 3 aromatic heterocycles. The molecule has 3 heterocycles. The standard InChI is InChI=1S/C19H14FN3OS/c20-15-8-2-1-6-13(15)12-22-18(24)17-16(23-10-3-4-11-23)14-7-5-9-21-19(14)25-17/h1-11H,12H2,(H,22,24). The van der Waals surface area contributed by atoms with Crippen molar-refractivity contribution in [3.63, 3.8) is 0 Å². The number of nitrogens with one attached hydrogen (secondary N) is 1. The van der Waals surface area contributed by atoms with E-state index < -0.39 is 0 Å². The first-order valence-corrected chi connectivity index (χ1v) is 8.58. The number of fused-ring (bicyclic) bond motifs is 1. The molecule has 0 aliphatic carbocycles. The Morgan fingerprint density at radius 2 is 1.92 bits per heavy atom. The van der Waals surface area contributed by atoms with Crippen molar-refractivity contribution in [2.75, 3.05) is 0 Å². The first kappa shape index (κ1) is 15.5. The summed E-state index contributed by atoms with van der Waals surface area (Å²) >= 11 is 1.33. The fraction of sp³-hybridized carbons (Fsp3) is 0.0526. The molecule has 1 amide bonds. The van der Waals surface area contributed by atoms with Crippen LogP contribution in [-0.2, 0) is 6.54 Å². The first-order valence-electron chi connectivity index (χ1n) is 7.76. The molecule has 0 bridgehead atoms. The number of pyridine rings is 1. The minimum atomic E-state index is -0.327. The van der Waals surface area contributed by atoms with E-state index in [0.717, 1.165) is 15.9 Å². The fourth-order valence-corrected chi connectivity index (χ4v) is 3.77. The predicted octanol–water partition coefficient (Wildman–Crippen LogP) is 4.16. The highest BCUT2D eigenvalue weighted by molar-refractivity contribution is 7.21. The van der Waals surface area contributed by atoms with Crippen LogP contribution in [0.15, 0.2) is 67.1 Å². The van der Waals surface area contributed by atoms with Crippen molar-refractivity contribution >= 4 is 27.5 Å². The molecule has 0 radical (unpaired) electrons. The third-order valence-electron chi connectivity index (χ3n) is 3.91. The number of hydrogen-bond acceptors (Lipinski definition) is 3. The maximum Gasteiger partial charge on any atom is 0.263 e. The van der Waals surface area contributed by atoms with Crippen LogP contribution in [0.4, 0.5) is 4.39 Å². The largest absolute Gasteiger partial charge is 0.347 e. The lowest BCUT2D eigenvalue weighted by Crippen LogP contribution is -2.23. The zero-order valence-corrected chi connectivity index (χ0v) is 14.0. The van der Waals surface area contributed by atoms with Gasteiger partial charge in [-0.1, -0.05) is 18.2 Å². The Hall–Kier alpha value is -2.99. The molecule has 0 atom stereocenters. The number of aromatic nitrogens is 2. The molecule has 25 heavy (non-hydrogen) atoms. The van der Waals surface area contributed by atoms with Crippen LogP contribution in [0.3, 0.4) is 0 Å². The summed E-state index contributed by atoms with van der Waals surface area (Å²) in [5, 5.41) is 3.73. The summed E-state index contributed by atoms with van der Waals surface area (Å²) in [5.74, 6) is -0.568. The second-order valence-electron chi connectivity index (χ2n) is 5.50. The topological polar surface area (TPSA) is 46.9 Å². The van der Waals surface area contributed by atoms with Gasteiger partial charge >= 0.3 is 0 Å². The SMILES string of the molecule is O=C(NCc1ccccc1F)c1sc2ncccc2c1-n1cccc1. The van der Waals surface area contributed by atoms with Crippen molar-refractivity contribution in [2.45, 2.75) is 6.54 Å². The lowest BCUT2D eigenvalue weighted by Gasteiger charge is -2.08. The summed E-state index contributed by atoms with van der Waals surface area (Å²) < 4.78 is 15.7. The molecule has 4 nitrogen and oxygen atoms in total. The number of hydrogen-bond donors (Lipinski definition) is 1. The van der Waals surface area contributed by atoms with E-state index in [1.807, 2.05) is 41.2 Å². The molecule has 4 aromatic rings. The van der Waals surface area contributed by atoms with Gasteiger partial charge in [0.25, 0.3) is 5.91 Å². The fourth-order valence-electron chi connectivity index (χ4n) is 2.71. The summed E-state index contributed by atoms with van der Waals surface area (Å²) in [4.78, 5) is 18.5. The molecule has 0 saturated carbocycles. The molecule has 6 heteroatoms. The Balaban J connectivity index is 1.70. The lowest BCUT2D eigenvalue weighted by molar-refractivity contribution is 0.0954. The van der Waals surface area contributed by atoms with Crippen molar-refractivity contribution in [2.24, 2.45) is 0 Å². The van der Waals surface area contributed by atoms with Gasteiger partial charge in [0.1, 0.15) is 15.5 Å². The molecule has 1 N–H and O–H groups in total. The van der Waals surface area contributed by atoms with Crippen LogP contribution < -0.4 is 5.32 Å². The van der Waals surface area contributed by atoms with Crippen molar-refractivity contribution in [3.8, 4) is 5.69 Å². The minimum Gasteiger partial charge on any atom is -0.347 e.